The highest BCUT2D eigenvalue weighted by molar-refractivity contribution is 5.97. The second-order valence-electron chi connectivity index (χ2n) is 5.50. The highest BCUT2D eigenvalue weighted by Gasteiger charge is 2.14. The van der Waals surface area contributed by atoms with Crippen molar-refractivity contribution >= 4 is 18.3 Å². The smallest absolute Gasteiger partial charge is 0.255 e. The maximum atomic E-state index is 12.4. The van der Waals surface area contributed by atoms with E-state index in [1.807, 2.05) is 50.2 Å². The Labute approximate surface area is 154 Å². The van der Waals surface area contributed by atoms with E-state index >= 15 is 0 Å². The van der Waals surface area contributed by atoms with E-state index in [2.05, 4.69) is 5.32 Å². The number of amides is 1. The quantitative estimate of drug-likeness (QED) is 0.747. The molecule has 0 aromatic heterocycles. The van der Waals surface area contributed by atoms with Crippen LogP contribution in [0.2, 0.25) is 0 Å². The summed E-state index contributed by atoms with van der Waals surface area (Å²) in [5.74, 6) is 1.53. The number of hydrogen-bond acceptors (Lipinski definition) is 4. The van der Waals surface area contributed by atoms with Gasteiger partial charge in [0.1, 0.15) is 5.75 Å². The molecule has 1 unspecified atom stereocenters. The second-order valence-corrected chi connectivity index (χ2v) is 5.50. The van der Waals surface area contributed by atoms with Crippen LogP contribution in [0.15, 0.2) is 48.5 Å². The first kappa shape index (κ1) is 20.8. The van der Waals surface area contributed by atoms with E-state index in [0.29, 0.717) is 36.0 Å². The summed E-state index contributed by atoms with van der Waals surface area (Å²) in [5.41, 5.74) is 6.18. The molecular formula is C19H25ClN2O3. The molecule has 136 valence electrons. The Morgan fingerprint density at radius 2 is 1.68 bits per heavy atom. The highest BCUT2D eigenvalue weighted by Crippen LogP contribution is 2.32. The fraction of sp³-hybridized carbons (Fsp3) is 0.316. The largest absolute Gasteiger partial charge is 0.490 e. The number of ether oxygens (including phenoxy) is 2. The van der Waals surface area contributed by atoms with Gasteiger partial charge in [0.05, 0.1) is 12.2 Å². The van der Waals surface area contributed by atoms with Gasteiger partial charge in [-0.05, 0) is 44.5 Å². The van der Waals surface area contributed by atoms with Crippen molar-refractivity contribution in [2.24, 2.45) is 5.73 Å². The zero-order valence-electron chi connectivity index (χ0n) is 14.5. The topological polar surface area (TPSA) is 73.6 Å². The number of benzene rings is 2. The molecule has 2 aromatic rings. The number of carbonyl (C=O) groups excluding carboxylic acids is 1. The zero-order chi connectivity index (χ0) is 17.4. The van der Waals surface area contributed by atoms with E-state index in [-0.39, 0.29) is 24.4 Å². The SMILES string of the molecule is CCOc1ccccc1Oc1ccccc1C(=O)NCCC(C)N.Cl. The molecule has 0 aliphatic rings. The number of nitrogens with one attached hydrogen (secondary N) is 1. The molecule has 0 aliphatic carbocycles. The first-order chi connectivity index (χ1) is 11.6. The molecule has 0 aliphatic heterocycles. The van der Waals surface area contributed by atoms with E-state index in [4.69, 9.17) is 15.2 Å². The van der Waals surface area contributed by atoms with Crippen molar-refractivity contribution in [2.75, 3.05) is 13.2 Å². The van der Waals surface area contributed by atoms with Gasteiger partial charge in [-0.1, -0.05) is 24.3 Å². The lowest BCUT2D eigenvalue weighted by Gasteiger charge is -2.14. The number of nitrogens with two attached hydrogens (primary N) is 1. The third-order valence-corrected chi connectivity index (χ3v) is 3.39. The second kappa shape index (κ2) is 10.6. The molecular weight excluding hydrogens is 340 g/mol. The van der Waals surface area contributed by atoms with Crippen molar-refractivity contribution in [1.82, 2.24) is 5.32 Å². The molecule has 3 N–H and O–H groups in total. The molecule has 0 saturated heterocycles. The molecule has 0 bridgehead atoms. The summed E-state index contributed by atoms with van der Waals surface area (Å²) >= 11 is 0. The van der Waals surface area contributed by atoms with Gasteiger partial charge in [-0.2, -0.15) is 0 Å². The molecule has 2 aromatic carbocycles. The molecule has 0 saturated carbocycles. The van der Waals surface area contributed by atoms with Crippen LogP contribution < -0.4 is 20.5 Å². The molecule has 2 rings (SSSR count). The van der Waals surface area contributed by atoms with Gasteiger partial charge in [0.2, 0.25) is 0 Å². The average Bonchev–Trinajstić information content (AvgIpc) is 2.57. The van der Waals surface area contributed by atoms with E-state index in [0.717, 1.165) is 6.42 Å². The predicted octanol–water partition coefficient (Wildman–Crippen LogP) is 3.77. The van der Waals surface area contributed by atoms with Crippen LogP contribution in [-0.4, -0.2) is 25.1 Å². The number of rotatable bonds is 8. The lowest BCUT2D eigenvalue weighted by molar-refractivity contribution is 0.0950. The van der Waals surface area contributed by atoms with E-state index in [9.17, 15) is 4.79 Å². The standard InChI is InChI=1S/C19H24N2O3.ClH/c1-3-23-17-10-6-7-11-18(17)24-16-9-5-4-8-15(16)19(22)21-13-12-14(2)20;/h4-11,14H,3,12-13,20H2,1-2H3,(H,21,22);1H. The molecule has 25 heavy (non-hydrogen) atoms. The number of halogens is 1. The van der Waals surface area contributed by atoms with Crippen LogP contribution >= 0.6 is 12.4 Å². The fourth-order valence-electron chi connectivity index (χ4n) is 2.18. The van der Waals surface area contributed by atoms with Crippen molar-refractivity contribution < 1.29 is 14.3 Å². The van der Waals surface area contributed by atoms with Crippen molar-refractivity contribution in [3.63, 3.8) is 0 Å². The maximum absolute atomic E-state index is 12.4. The summed E-state index contributed by atoms with van der Waals surface area (Å²) in [4.78, 5) is 12.4. The Morgan fingerprint density at radius 1 is 1.08 bits per heavy atom. The lowest BCUT2D eigenvalue weighted by Crippen LogP contribution is -2.29. The minimum Gasteiger partial charge on any atom is -0.490 e. The van der Waals surface area contributed by atoms with Crippen molar-refractivity contribution in [3.05, 3.63) is 54.1 Å². The molecule has 5 nitrogen and oxygen atoms in total. The average molecular weight is 365 g/mol. The molecule has 0 fully saturated rings. The Hall–Kier alpha value is -2.24. The highest BCUT2D eigenvalue weighted by atomic mass is 35.5. The van der Waals surface area contributed by atoms with Crippen LogP contribution in [0, 0.1) is 0 Å². The Kier molecular flexibility index (Phi) is 8.81. The van der Waals surface area contributed by atoms with Crippen LogP contribution in [0.1, 0.15) is 30.6 Å². The van der Waals surface area contributed by atoms with Gasteiger partial charge in [0, 0.05) is 12.6 Å². The number of para-hydroxylation sites is 3. The molecule has 0 spiro atoms. The van der Waals surface area contributed by atoms with Crippen LogP contribution in [-0.2, 0) is 0 Å². The van der Waals surface area contributed by atoms with Crippen LogP contribution in [0.4, 0.5) is 0 Å². The van der Waals surface area contributed by atoms with Gasteiger partial charge in [0.15, 0.2) is 11.5 Å². The molecule has 0 heterocycles. The molecule has 6 heteroatoms. The minimum absolute atomic E-state index is 0. The first-order valence-corrected chi connectivity index (χ1v) is 8.14. The monoisotopic (exact) mass is 364 g/mol. The summed E-state index contributed by atoms with van der Waals surface area (Å²) < 4.78 is 11.5. The van der Waals surface area contributed by atoms with Crippen molar-refractivity contribution in [3.8, 4) is 17.2 Å². The van der Waals surface area contributed by atoms with Crippen LogP contribution in [0.25, 0.3) is 0 Å². The van der Waals surface area contributed by atoms with Gasteiger partial charge in [-0.15, -0.1) is 12.4 Å². The van der Waals surface area contributed by atoms with Gasteiger partial charge in [0.25, 0.3) is 5.91 Å². The minimum atomic E-state index is -0.180. The summed E-state index contributed by atoms with van der Waals surface area (Å²) in [7, 11) is 0. The zero-order valence-corrected chi connectivity index (χ0v) is 15.3. The molecule has 0 radical (unpaired) electrons. The van der Waals surface area contributed by atoms with E-state index in [1.54, 1.807) is 12.1 Å². The third kappa shape index (κ3) is 6.29. The van der Waals surface area contributed by atoms with Crippen LogP contribution in [0.3, 0.4) is 0 Å². The number of carbonyl (C=O) groups is 1. The van der Waals surface area contributed by atoms with Gasteiger partial charge >= 0.3 is 0 Å². The van der Waals surface area contributed by atoms with E-state index in [1.165, 1.54) is 0 Å². The fourth-order valence-corrected chi connectivity index (χ4v) is 2.18. The van der Waals surface area contributed by atoms with Crippen LogP contribution in [0.5, 0.6) is 17.2 Å². The van der Waals surface area contributed by atoms with Crippen molar-refractivity contribution in [2.45, 2.75) is 26.3 Å². The van der Waals surface area contributed by atoms with Gasteiger partial charge in [-0.3, -0.25) is 4.79 Å². The molecule has 1 atom stereocenters. The Bertz CT molecular complexity index is 677. The Morgan fingerprint density at radius 3 is 2.32 bits per heavy atom. The Balaban J connectivity index is 0.00000312. The normalized spacial score (nSPS) is 11.2. The summed E-state index contributed by atoms with van der Waals surface area (Å²) in [6.07, 6.45) is 0.724. The summed E-state index contributed by atoms with van der Waals surface area (Å²) in [5, 5.41) is 2.87. The van der Waals surface area contributed by atoms with Gasteiger partial charge < -0.3 is 20.5 Å². The third-order valence-electron chi connectivity index (χ3n) is 3.39. The van der Waals surface area contributed by atoms with Gasteiger partial charge in [-0.25, -0.2) is 0 Å². The maximum Gasteiger partial charge on any atom is 0.255 e. The van der Waals surface area contributed by atoms with E-state index < -0.39 is 0 Å². The summed E-state index contributed by atoms with van der Waals surface area (Å²) in [6, 6.07) is 14.6. The summed E-state index contributed by atoms with van der Waals surface area (Å²) in [6.45, 7) is 4.89. The predicted molar refractivity (Wildman–Crippen MR) is 102 cm³/mol. The lowest BCUT2D eigenvalue weighted by atomic mass is 10.1. The molecule has 1 amide bonds. The first-order valence-electron chi connectivity index (χ1n) is 8.14. The number of hydrogen-bond donors (Lipinski definition) is 2. The van der Waals surface area contributed by atoms with Crippen molar-refractivity contribution in [1.29, 1.82) is 0 Å².